The van der Waals surface area contributed by atoms with E-state index in [9.17, 15) is 4.79 Å². The van der Waals surface area contributed by atoms with Gasteiger partial charge in [0.2, 0.25) is 0 Å². The van der Waals surface area contributed by atoms with Crippen LogP contribution in [0.3, 0.4) is 0 Å². The average molecular weight is 203 g/mol. The van der Waals surface area contributed by atoms with Gasteiger partial charge < -0.3 is 19.5 Å². The minimum Gasteiger partial charge on any atom is -0.468 e. The summed E-state index contributed by atoms with van der Waals surface area (Å²) in [6.45, 7) is 4.23. The fourth-order valence-corrected chi connectivity index (χ4v) is 1.22. The molecular weight excluding hydrogens is 186 g/mol. The van der Waals surface area contributed by atoms with E-state index in [-0.39, 0.29) is 18.1 Å². The maximum atomic E-state index is 11.0. The smallest absolute Gasteiger partial charge is 0.322 e. The van der Waals surface area contributed by atoms with E-state index in [0.717, 1.165) is 0 Å². The lowest BCUT2D eigenvalue weighted by Crippen LogP contribution is -2.43. The van der Waals surface area contributed by atoms with E-state index < -0.39 is 0 Å². The highest BCUT2D eigenvalue weighted by molar-refractivity contribution is 5.75. The second-order valence-electron chi connectivity index (χ2n) is 3.22. The molecule has 1 rings (SSSR count). The summed E-state index contributed by atoms with van der Waals surface area (Å²) in [6.07, 6.45) is 0.0378. The molecule has 14 heavy (non-hydrogen) atoms. The SMILES string of the molecule is COC(=O)C(C)NCC1COCCO1. The first-order chi connectivity index (χ1) is 6.74. The first-order valence-electron chi connectivity index (χ1n) is 4.74. The molecule has 0 saturated carbocycles. The van der Waals surface area contributed by atoms with E-state index in [1.54, 1.807) is 6.92 Å². The number of nitrogens with one attached hydrogen (secondary N) is 1. The van der Waals surface area contributed by atoms with Crippen molar-refractivity contribution in [1.82, 2.24) is 5.32 Å². The molecule has 1 saturated heterocycles. The van der Waals surface area contributed by atoms with Crippen molar-refractivity contribution in [2.75, 3.05) is 33.5 Å². The summed E-state index contributed by atoms with van der Waals surface area (Å²) in [5.41, 5.74) is 0. The Morgan fingerprint density at radius 1 is 1.64 bits per heavy atom. The van der Waals surface area contributed by atoms with E-state index in [2.05, 4.69) is 10.1 Å². The first kappa shape index (κ1) is 11.4. The number of carbonyl (C=O) groups excluding carboxylic acids is 1. The van der Waals surface area contributed by atoms with Gasteiger partial charge in [-0.05, 0) is 6.92 Å². The number of hydrogen-bond donors (Lipinski definition) is 1. The zero-order valence-electron chi connectivity index (χ0n) is 8.62. The van der Waals surface area contributed by atoms with Crippen LogP contribution >= 0.6 is 0 Å². The maximum Gasteiger partial charge on any atom is 0.322 e. The number of methoxy groups -OCH3 is 1. The van der Waals surface area contributed by atoms with Crippen LogP contribution < -0.4 is 5.32 Å². The number of ether oxygens (including phenoxy) is 3. The molecule has 82 valence electrons. The van der Waals surface area contributed by atoms with E-state index >= 15 is 0 Å². The normalized spacial score (nSPS) is 24.3. The van der Waals surface area contributed by atoms with Gasteiger partial charge in [0.1, 0.15) is 6.04 Å². The topological polar surface area (TPSA) is 56.8 Å². The monoisotopic (exact) mass is 203 g/mol. The van der Waals surface area contributed by atoms with Crippen molar-refractivity contribution in [2.45, 2.75) is 19.1 Å². The van der Waals surface area contributed by atoms with Crippen LogP contribution in [-0.2, 0) is 19.0 Å². The van der Waals surface area contributed by atoms with Crippen LogP contribution in [0, 0.1) is 0 Å². The first-order valence-corrected chi connectivity index (χ1v) is 4.74. The summed E-state index contributed by atoms with van der Waals surface area (Å²) < 4.78 is 15.2. The lowest BCUT2D eigenvalue weighted by molar-refractivity contribution is -0.143. The Morgan fingerprint density at radius 3 is 3.00 bits per heavy atom. The molecule has 1 N–H and O–H groups in total. The molecular formula is C9H17NO4. The summed E-state index contributed by atoms with van der Waals surface area (Å²) in [7, 11) is 1.38. The van der Waals surface area contributed by atoms with Crippen molar-refractivity contribution in [1.29, 1.82) is 0 Å². The molecule has 0 aromatic heterocycles. The zero-order valence-corrected chi connectivity index (χ0v) is 8.62. The third kappa shape index (κ3) is 3.61. The molecule has 2 atom stereocenters. The molecule has 1 fully saturated rings. The van der Waals surface area contributed by atoms with Crippen molar-refractivity contribution >= 4 is 5.97 Å². The summed E-state index contributed by atoms with van der Waals surface area (Å²) in [5, 5.41) is 3.02. The van der Waals surface area contributed by atoms with E-state index in [1.165, 1.54) is 7.11 Å². The van der Waals surface area contributed by atoms with Gasteiger partial charge in [-0.1, -0.05) is 0 Å². The summed E-state index contributed by atoms with van der Waals surface area (Å²) in [5.74, 6) is -0.262. The van der Waals surface area contributed by atoms with Gasteiger partial charge in [-0.15, -0.1) is 0 Å². The van der Waals surface area contributed by atoms with Crippen LogP contribution in [0.4, 0.5) is 0 Å². The van der Waals surface area contributed by atoms with Crippen LogP contribution in [0.2, 0.25) is 0 Å². The Labute approximate surface area is 83.7 Å². The van der Waals surface area contributed by atoms with Crippen LogP contribution in [-0.4, -0.2) is 51.6 Å². The highest BCUT2D eigenvalue weighted by atomic mass is 16.6. The second-order valence-corrected chi connectivity index (χ2v) is 3.22. The number of rotatable bonds is 4. The molecule has 1 aliphatic rings. The maximum absolute atomic E-state index is 11.0. The molecule has 0 bridgehead atoms. The summed E-state index contributed by atoms with van der Waals surface area (Å²) in [6, 6.07) is -0.300. The van der Waals surface area contributed by atoms with Gasteiger partial charge in [0.05, 0.1) is 33.0 Å². The van der Waals surface area contributed by atoms with Crippen LogP contribution in [0.15, 0.2) is 0 Å². The third-order valence-electron chi connectivity index (χ3n) is 2.09. The highest BCUT2D eigenvalue weighted by Gasteiger charge is 2.17. The molecule has 0 spiro atoms. The lowest BCUT2D eigenvalue weighted by Gasteiger charge is -2.24. The van der Waals surface area contributed by atoms with Crippen molar-refractivity contribution in [2.24, 2.45) is 0 Å². The molecule has 5 nitrogen and oxygen atoms in total. The minimum absolute atomic E-state index is 0.0378. The quantitative estimate of drug-likeness (QED) is 0.627. The minimum atomic E-state index is -0.300. The molecule has 0 aromatic rings. The van der Waals surface area contributed by atoms with Gasteiger partial charge in [-0.2, -0.15) is 0 Å². The predicted molar refractivity (Wildman–Crippen MR) is 50.0 cm³/mol. The van der Waals surface area contributed by atoms with Gasteiger partial charge in [-0.3, -0.25) is 4.79 Å². The number of esters is 1. The Bertz CT molecular complexity index is 180. The van der Waals surface area contributed by atoms with Gasteiger partial charge >= 0.3 is 5.97 Å². The molecule has 0 amide bonds. The fourth-order valence-electron chi connectivity index (χ4n) is 1.22. The van der Waals surface area contributed by atoms with Gasteiger partial charge in [0.15, 0.2) is 0 Å². The molecule has 5 heteroatoms. The molecule has 1 aliphatic heterocycles. The van der Waals surface area contributed by atoms with Gasteiger partial charge in [-0.25, -0.2) is 0 Å². The van der Waals surface area contributed by atoms with Gasteiger partial charge in [0, 0.05) is 6.54 Å². The van der Waals surface area contributed by atoms with Crippen molar-refractivity contribution in [3.63, 3.8) is 0 Å². The Hall–Kier alpha value is -0.650. The van der Waals surface area contributed by atoms with Crippen molar-refractivity contribution in [3.05, 3.63) is 0 Å². The van der Waals surface area contributed by atoms with Crippen molar-refractivity contribution in [3.8, 4) is 0 Å². The van der Waals surface area contributed by atoms with E-state index in [4.69, 9.17) is 9.47 Å². The second kappa shape index (κ2) is 5.95. The molecule has 0 aliphatic carbocycles. The molecule has 0 aromatic carbocycles. The van der Waals surface area contributed by atoms with Crippen molar-refractivity contribution < 1.29 is 19.0 Å². The standard InChI is InChI=1S/C9H17NO4/c1-7(9(11)12-2)10-5-8-6-13-3-4-14-8/h7-8,10H,3-6H2,1-2H3. The lowest BCUT2D eigenvalue weighted by atomic mass is 10.3. The number of hydrogen-bond acceptors (Lipinski definition) is 5. The molecule has 2 unspecified atom stereocenters. The van der Waals surface area contributed by atoms with Crippen LogP contribution in [0.25, 0.3) is 0 Å². The molecule has 0 radical (unpaired) electrons. The Balaban J connectivity index is 2.15. The predicted octanol–water partition coefficient (Wildman–Crippen LogP) is -0.447. The van der Waals surface area contributed by atoms with E-state index in [0.29, 0.717) is 26.4 Å². The summed E-state index contributed by atoms with van der Waals surface area (Å²) >= 11 is 0. The fraction of sp³-hybridized carbons (Fsp3) is 0.889. The van der Waals surface area contributed by atoms with Gasteiger partial charge in [0.25, 0.3) is 0 Å². The molecule has 1 heterocycles. The summed E-state index contributed by atoms with van der Waals surface area (Å²) in [4.78, 5) is 11.0. The highest BCUT2D eigenvalue weighted by Crippen LogP contribution is 1.99. The van der Waals surface area contributed by atoms with Crippen LogP contribution in [0.1, 0.15) is 6.92 Å². The number of carbonyl (C=O) groups is 1. The third-order valence-corrected chi connectivity index (χ3v) is 2.09. The average Bonchev–Trinajstić information content (AvgIpc) is 2.26. The van der Waals surface area contributed by atoms with Crippen LogP contribution in [0.5, 0.6) is 0 Å². The van der Waals surface area contributed by atoms with E-state index in [1.807, 2.05) is 0 Å². The Morgan fingerprint density at radius 2 is 2.43 bits per heavy atom. The zero-order chi connectivity index (χ0) is 10.4. The largest absolute Gasteiger partial charge is 0.468 e. The Kier molecular flexibility index (Phi) is 4.86.